The van der Waals surface area contributed by atoms with Crippen LogP contribution in [0.4, 0.5) is 10.1 Å². The van der Waals surface area contributed by atoms with E-state index in [1.54, 1.807) is 28.8 Å². The van der Waals surface area contributed by atoms with Gasteiger partial charge in [-0.15, -0.1) is 0 Å². The third kappa shape index (κ3) is 7.47. The summed E-state index contributed by atoms with van der Waals surface area (Å²) >= 11 is 0. The molecule has 0 fully saturated rings. The minimum absolute atomic E-state index is 0.0000202. The monoisotopic (exact) mass is 600 g/mol. The van der Waals surface area contributed by atoms with Gasteiger partial charge in [-0.25, -0.2) is 9.18 Å². The predicted octanol–water partition coefficient (Wildman–Crippen LogP) is 6.09. The number of carbonyl (C=O) groups is 3. The van der Waals surface area contributed by atoms with E-state index in [1.807, 2.05) is 44.2 Å². The number of aromatic nitrogens is 1. The molecule has 0 saturated carbocycles. The molecule has 2 atom stereocenters. The third-order valence-corrected chi connectivity index (χ3v) is 6.94. The lowest BCUT2D eigenvalue weighted by Crippen LogP contribution is -2.20. The van der Waals surface area contributed by atoms with Crippen LogP contribution in [0.5, 0.6) is 0 Å². The molecule has 44 heavy (non-hydrogen) atoms. The molecule has 0 aliphatic heterocycles. The lowest BCUT2D eigenvalue weighted by atomic mass is 9.94. The van der Waals surface area contributed by atoms with Crippen LogP contribution in [-0.4, -0.2) is 55.0 Å². The molecule has 0 spiro atoms. The van der Waals surface area contributed by atoms with Gasteiger partial charge in [-0.3, -0.25) is 9.59 Å². The summed E-state index contributed by atoms with van der Waals surface area (Å²) in [6.45, 7) is 3.74. The highest BCUT2D eigenvalue weighted by Gasteiger charge is 2.29. The van der Waals surface area contributed by atoms with Crippen LogP contribution in [0.25, 0.3) is 28.3 Å². The number of hydrogen-bond donors (Lipinski definition) is 5. The number of carbonyl (C=O) groups excluding carboxylic acids is 1. The first-order valence-corrected chi connectivity index (χ1v) is 14.0. The fourth-order valence-electron chi connectivity index (χ4n) is 5.09. The normalized spacial score (nSPS) is 12.8. The highest BCUT2D eigenvalue weighted by atomic mass is 19.1. The highest BCUT2D eigenvalue weighted by Crippen LogP contribution is 2.43. The maximum Gasteiger partial charge on any atom is 0.335 e. The molecule has 4 rings (SSSR count). The van der Waals surface area contributed by atoms with Crippen LogP contribution >= 0.6 is 0 Å². The van der Waals surface area contributed by atoms with Crippen LogP contribution < -0.4 is 5.32 Å². The Kier molecular flexibility index (Phi) is 10.1. The molecule has 228 valence electrons. The van der Waals surface area contributed by atoms with Crippen LogP contribution in [0.1, 0.15) is 59.3 Å². The molecular formula is C34H33FN2O7. The number of nitrogens with one attached hydrogen (secondary N) is 1. The van der Waals surface area contributed by atoms with Gasteiger partial charge in [-0.05, 0) is 61.4 Å². The van der Waals surface area contributed by atoms with E-state index in [-0.39, 0.29) is 29.4 Å². The molecule has 1 amide bonds. The zero-order valence-corrected chi connectivity index (χ0v) is 24.1. The molecule has 5 N–H and O–H groups in total. The minimum Gasteiger partial charge on any atom is -0.481 e. The number of rotatable bonds is 12. The van der Waals surface area contributed by atoms with Gasteiger partial charge in [0.15, 0.2) is 0 Å². The topological polar surface area (TPSA) is 149 Å². The molecule has 0 aliphatic carbocycles. The van der Waals surface area contributed by atoms with Gasteiger partial charge in [0.2, 0.25) is 0 Å². The fraction of sp³-hybridized carbons (Fsp3) is 0.206. The molecule has 3 aromatic carbocycles. The van der Waals surface area contributed by atoms with Crippen molar-refractivity contribution in [1.29, 1.82) is 0 Å². The van der Waals surface area contributed by atoms with Gasteiger partial charge in [0.05, 0.1) is 24.2 Å². The van der Waals surface area contributed by atoms with E-state index in [0.717, 1.165) is 0 Å². The number of aliphatic hydroxyl groups excluding tert-OH is 2. The number of nitrogens with zero attached hydrogens (tertiary/aromatic N) is 1. The second-order valence-corrected chi connectivity index (χ2v) is 10.6. The third-order valence-electron chi connectivity index (χ3n) is 6.94. The Morgan fingerprint density at radius 1 is 0.886 bits per heavy atom. The minimum atomic E-state index is -1.27. The Morgan fingerprint density at radius 3 is 2.16 bits per heavy atom. The number of amides is 1. The Morgan fingerprint density at radius 2 is 1.55 bits per heavy atom. The molecule has 2 unspecified atom stereocenters. The Bertz CT molecular complexity index is 1680. The molecule has 0 saturated heterocycles. The molecule has 0 aliphatic rings. The number of aromatic carboxylic acids is 1. The van der Waals surface area contributed by atoms with Crippen LogP contribution in [0.15, 0.2) is 84.9 Å². The molecule has 10 heteroatoms. The maximum absolute atomic E-state index is 14.2. The van der Waals surface area contributed by atoms with E-state index in [9.17, 15) is 34.1 Å². The van der Waals surface area contributed by atoms with Crippen molar-refractivity contribution in [3.63, 3.8) is 0 Å². The van der Waals surface area contributed by atoms with Crippen molar-refractivity contribution < 1.29 is 39.2 Å². The van der Waals surface area contributed by atoms with E-state index in [0.29, 0.717) is 27.9 Å². The van der Waals surface area contributed by atoms with Gasteiger partial charge in [0.25, 0.3) is 5.91 Å². The first-order chi connectivity index (χ1) is 21.0. The van der Waals surface area contributed by atoms with Crippen LogP contribution in [-0.2, 0) is 4.79 Å². The molecular weight excluding hydrogens is 567 g/mol. The van der Waals surface area contributed by atoms with Crippen LogP contribution in [0.3, 0.4) is 0 Å². The quantitative estimate of drug-likeness (QED) is 0.132. The fourth-order valence-corrected chi connectivity index (χ4v) is 5.09. The number of aliphatic hydroxyl groups is 2. The van der Waals surface area contributed by atoms with Gasteiger partial charge >= 0.3 is 11.9 Å². The smallest absolute Gasteiger partial charge is 0.335 e. The average molecular weight is 601 g/mol. The van der Waals surface area contributed by atoms with Crippen molar-refractivity contribution in [2.75, 3.05) is 5.32 Å². The largest absolute Gasteiger partial charge is 0.481 e. The Hall–Kier alpha value is -5.06. The van der Waals surface area contributed by atoms with E-state index in [4.69, 9.17) is 5.11 Å². The van der Waals surface area contributed by atoms with Crippen molar-refractivity contribution in [2.45, 2.75) is 44.9 Å². The van der Waals surface area contributed by atoms with Gasteiger partial charge in [0, 0.05) is 35.0 Å². The van der Waals surface area contributed by atoms with E-state index in [1.165, 1.54) is 36.4 Å². The number of hydrogen-bond acceptors (Lipinski definition) is 5. The molecule has 1 aromatic heterocycles. The maximum atomic E-state index is 14.2. The van der Waals surface area contributed by atoms with Crippen LogP contribution in [0.2, 0.25) is 0 Å². The standard InChI is InChI=1S/C34H33FN2O7/c1-20(2)37-28(16-15-26(38)18-27(39)19-29(40)41)30(22-11-13-24(35)14-12-22)31(21-7-4-3-5-8-21)32(37)33(42)36-25-10-6-9-23(17-25)34(43)44/h3-17,20,26-27,38-39H,18-19H2,1-2H3,(H,36,42)(H,40,41)(H,43,44). The van der Waals surface area contributed by atoms with E-state index in [2.05, 4.69) is 5.32 Å². The number of halogens is 1. The highest BCUT2D eigenvalue weighted by molar-refractivity contribution is 6.12. The van der Waals surface area contributed by atoms with Gasteiger partial charge in [0.1, 0.15) is 11.5 Å². The van der Waals surface area contributed by atoms with Crippen molar-refractivity contribution >= 4 is 29.6 Å². The summed E-state index contributed by atoms with van der Waals surface area (Å²) in [5.74, 6) is -3.32. The SMILES string of the molecule is CC(C)n1c(C=CC(O)CC(O)CC(=O)O)c(-c2ccc(F)cc2)c(-c2ccccc2)c1C(=O)Nc1cccc(C(=O)O)c1. The summed E-state index contributed by atoms with van der Waals surface area (Å²) < 4.78 is 15.8. The Balaban J connectivity index is 1.96. The van der Waals surface area contributed by atoms with Crippen molar-refractivity contribution in [1.82, 2.24) is 4.57 Å². The lowest BCUT2D eigenvalue weighted by Gasteiger charge is -2.17. The summed E-state index contributed by atoms with van der Waals surface area (Å²) in [5.41, 5.74) is 3.39. The molecule has 4 aromatic rings. The van der Waals surface area contributed by atoms with Crippen LogP contribution in [0, 0.1) is 5.82 Å². The van der Waals surface area contributed by atoms with Crippen molar-refractivity contribution in [3.8, 4) is 22.3 Å². The number of carboxylic acid groups (broad SMARTS) is 2. The second-order valence-electron chi connectivity index (χ2n) is 10.6. The number of anilines is 1. The summed E-state index contributed by atoms with van der Waals surface area (Å²) in [4.78, 5) is 36.7. The summed E-state index contributed by atoms with van der Waals surface area (Å²) in [6.07, 6.45) is -0.222. The number of aliphatic carboxylic acids is 1. The van der Waals surface area contributed by atoms with E-state index < -0.39 is 42.3 Å². The molecule has 9 nitrogen and oxygen atoms in total. The number of benzene rings is 3. The summed E-state index contributed by atoms with van der Waals surface area (Å²) in [5, 5.41) is 41.9. The molecule has 0 radical (unpaired) electrons. The first kappa shape index (κ1) is 31.9. The second kappa shape index (κ2) is 13.9. The summed E-state index contributed by atoms with van der Waals surface area (Å²) in [7, 11) is 0. The first-order valence-electron chi connectivity index (χ1n) is 14.0. The Labute approximate surface area is 253 Å². The molecule has 0 bridgehead atoms. The zero-order valence-electron chi connectivity index (χ0n) is 24.1. The average Bonchev–Trinajstić information content (AvgIpc) is 3.32. The van der Waals surface area contributed by atoms with Crippen molar-refractivity contribution in [2.24, 2.45) is 0 Å². The predicted molar refractivity (Wildman–Crippen MR) is 165 cm³/mol. The van der Waals surface area contributed by atoms with E-state index >= 15 is 0 Å². The molecule has 1 heterocycles. The van der Waals surface area contributed by atoms with Gasteiger partial charge in [-0.1, -0.05) is 54.6 Å². The number of carboxylic acids is 2. The lowest BCUT2D eigenvalue weighted by molar-refractivity contribution is -0.139. The zero-order chi connectivity index (χ0) is 32.0. The van der Waals surface area contributed by atoms with Crippen molar-refractivity contribution in [3.05, 3.63) is 108 Å². The van der Waals surface area contributed by atoms with Gasteiger partial charge in [-0.2, -0.15) is 0 Å². The van der Waals surface area contributed by atoms with Gasteiger partial charge < -0.3 is 30.3 Å². The summed E-state index contributed by atoms with van der Waals surface area (Å²) in [6, 6.07) is 20.5.